The van der Waals surface area contributed by atoms with Gasteiger partial charge in [0.2, 0.25) is 5.91 Å². The predicted molar refractivity (Wildman–Crippen MR) is 84.9 cm³/mol. The van der Waals surface area contributed by atoms with E-state index in [1.165, 1.54) is 22.2 Å². The van der Waals surface area contributed by atoms with Crippen molar-refractivity contribution in [3.63, 3.8) is 0 Å². The Morgan fingerprint density at radius 2 is 2.36 bits per heavy atom. The smallest absolute Gasteiger partial charge is 0.262 e. The number of aromatic nitrogens is 2. The van der Waals surface area contributed by atoms with E-state index in [0.717, 1.165) is 24.2 Å². The van der Waals surface area contributed by atoms with E-state index in [-0.39, 0.29) is 30.4 Å². The molecule has 6 nitrogen and oxygen atoms in total. The maximum absolute atomic E-state index is 12.3. The normalized spacial score (nSPS) is 18.8. The number of thiophene rings is 1. The van der Waals surface area contributed by atoms with Crippen LogP contribution in [-0.4, -0.2) is 45.2 Å². The number of amides is 1. The zero-order chi connectivity index (χ0) is 15.5. The summed E-state index contributed by atoms with van der Waals surface area (Å²) in [5.74, 6) is 0.222. The SMILES string of the molecule is O=C(CCn1cnc2sccc2c1=O)N1CCCC(CO)C1. The highest BCUT2D eigenvalue weighted by Gasteiger charge is 2.22. The molecular formula is C15H19N3O3S. The number of hydrogen-bond donors (Lipinski definition) is 1. The van der Waals surface area contributed by atoms with Crippen LogP contribution in [0.15, 0.2) is 22.6 Å². The molecule has 0 spiro atoms. The summed E-state index contributed by atoms with van der Waals surface area (Å²) in [6, 6.07) is 1.77. The predicted octanol–water partition coefficient (Wildman–Crippen LogP) is 1.08. The number of carbonyl (C=O) groups is 1. The van der Waals surface area contributed by atoms with E-state index in [2.05, 4.69) is 4.98 Å². The minimum Gasteiger partial charge on any atom is -0.396 e. The van der Waals surface area contributed by atoms with Crippen molar-refractivity contribution in [3.05, 3.63) is 28.1 Å². The van der Waals surface area contributed by atoms with Crippen molar-refractivity contribution in [1.82, 2.24) is 14.5 Å². The van der Waals surface area contributed by atoms with Gasteiger partial charge in [0.1, 0.15) is 4.83 Å². The third-order valence-corrected chi connectivity index (χ3v) is 4.97. The number of fused-ring (bicyclic) bond motifs is 1. The van der Waals surface area contributed by atoms with Crippen LogP contribution in [0.3, 0.4) is 0 Å². The Hall–Kier alpha value is -1.73. The fourth-order valence-electron chi connectivity index (χ4n) is 2.87. The summed E-state index contributed by atoms with van der Waals surface area (Å²) in [5.41, 5.74) is -0.0917. The van der Waals surface area contributed by atoms with Crippen molar-refractivity contribution in [2.75, 3.05) is 19.7 Å². The number of carbonyl (C=O) groups excluding carboxylic acids is 1. The number of aliphatic hydroxyl groups is 1. The molecule has 2 aromatic heterocycles. The molecule has 1 aliphatic heterocycles. The zero-order valence-corrected chi connectivity index (χ0v) is 13.1. The summed E-state index contributed by atoms with van der Waals surface area (Å²) in [7, 11) is 0. The second-order valence-corrected chi connectivity index (χ2v) is 6.56. The van der Waals surface area contributed by atoms with Crippen LogP contribution >= 0.6 is 11.3 Å². The van der Waals surface area contributed by atoms with Crippen molar-refractivity contribution in [2.45, 2.75) is 25.8 Å². The van der Waals surface area contributed by atoms with Gasteiger partial charge in [-0.25, -0.2) is 4.98 Å². The third-order valence-electron chi connectivity index (χ3n) is 4.15. The van der Waals surface area contributed by atoms with E-state index in [0.29, 0.717) is 18.5 Å². The Morgan fingerprint density at radius 3 is 3.18 bits per heavy atom. The van der Waals surface area contributed by atoms with Crippen LogP contribution in [-0.2, 0) is 11.3 Å². The van der Waals surface area contributed by atoms with E-state index in [4.69, 9.17) is 0 Å². The third kappa shape index (κ3) is 3.05. The number of rotatable bonds is 4. The van der Waals surface area contributed by atoms with Crippen LogP contribution in [0.4, 0.5) is 0 Å². The van der Waals surface area contributed by atoms with E-state index in [1.54, 1.807) is 11.0 Å². The van der Waals surface area contributed by atoms with E-state index in [9.17, 15) is 14.7 Å². The molecule has 7 heteroatoms. The molecule has 3 heterocycles. The Morgan fingerprint density at radius 1 is 1.50 bits per heavy atom. The molecular weight excluding hydrogens is 302 g/mol. The van der Waals surface area contributed by atoms with Crippen LogP contribution in [0.25, 0.3) is 10.2 Å². The molecule has 1 amide bonds. The van der Waals surface area contributed by atoms with Crippen molar-refractivity contribution in [3.8, 4) is 0 Å². The summed E-state index contributed by atoms with van der Waals surface area (Å²) >= 11 is 1.44. The molecule has 1 N–H and O–H groups in total. The molecule has 1 unspecified atom stereocenters. The van der Waals surface area contributed by atoms with Gasteiger partial charge in [-0.15, -0.1) is 11.3 Å². The summed E-state index contributed by atoms with van der Waals surface area (Å²) < 4.78 is 1.50. The Balaban J connectivity index is 1.64. The largest absolute Gasteiger partial charge is 0.396 e. The van der Waals surface area contributed by atoms with Gasteiger partial charge in [-0.3, -0.25) is 14.2 Å². The zero-order valence-electron chi connectivity index (χ0n) is 12.3. The average molecular weight is 321 g/mol. The topological polar surface area (TPSA) is 75.4 Å². The van der Waals surface area contributed by atoms with E-state index < -0.39 is 0 Å². The van der Waals surface area contributed by atoms with Crippen molar-refractivity contribution in [1.29, 1.82) is 0 Å². The first-order valence-corrected chi connectivity index (χ1v) is 8.38. The molecule has 3 rings (SSSR count). The second-order valence-electron chi connectivity index (χ2n) is 5.66. The monoisotopic (exact) mass is 321 g/mol. The number of aryl methyl sites for hydroxylation is 1. The molecule has 0 aromatic carbocycles. The Labute approximate surface area is 132 Å². The van der Waals surface area contributed by atoms with Gasteiger partial charge in [0.25, 0.3) is 5.56 Å². The highest BCUT2D eigenvalue weighted by Crippen LogP contribution is 2.17. The molecule has 118 valence electrons. The van der Waals surface area contributed by atoms with Crippen LogP contribution in [0.1, 0.15) is 19.3 Å². The fourth-order valence-corrected chi connectivity index (χ4v) is 3.59. The Kier molecular flexibility index (Phi) is 4.54. The van der Waals surface area contributed by atoms with Crippen LogP contribution in [0.2, 0.25) is 0 Å². The van der Waals surface area contributed by atoms with Gasteiger partial charge in [0.15, 0.2) is 0 Å². The van der Waals surface area contributed by atoms with Gasteiger partial charge >= 0.3 is 0 Å². The fraction of sp³-hybridized carbons (Fsp3) is 0.533. The maximum Gasteiger partial charge on any atom is 0.262 e. The van der Waals surface area contributed by atoms with Gasteiger partial charge in [-0.2, -0.15) is 0 Å². The lowest BCUT2D eigenvalue weighted by Gasteiger charge is -2.32. The summed E-state index contributed by atoms with van der Waals surface area (Å²) in [6.45, 7) is 1.83. The summed E-state index contributed by atoms with van der Waals surface area (Å²) in [6.07, 6.45) is 3.70. The minimum absolute atomic E-state index is 0.0375. The molecule has 22 heavy (non-hydrogen) atoms. The van der Waals surface area contributed by atoms with Gasteiger partial charge in [-0.05, 0) is 30.2 Å². The Bertz CT molecular complexity index is 724. The van der Waals surface area contributed by atoms with Gasteiger partial charge in [0.05, 0.1) is 11.7 Å². The molecule has 0 radical (unpaired) electrons. The molecule has 0 aliphatic carbocycles. The molecule has 1 aliphatic rings. The summed E-state index contributed by atoms with van der Waals surface area (Å²) in [4.78, 5) is 31.3. The van der Waals surface area contributed by atoms with Crippen molar-refractivity contribution >= 4 is 27.5 Å². The molecule has 1 saturated heterocycles. The molecule has 0 saturated carbocycles. The first kappa shape index (κ1) is 15.2. The molecule has 0 bridgehead atoms. The van der Waals surface area contributed by atoms with Gasteiger partial charge in [-0.1, -0.05) is 0 Å². The quantitative estimate of drug-likeness (QED) is 0.914. The lowest BCUT2D eigenvalue weighted by molar-refractivity contribution is -0.133. The molecule has 2 aromatic rings. The standard InChI is InChI=1S/C15H19N3O3S/c19-9-11-2-1-5-17(8-11)13(20)3-6-18-10-16-14-12(15(18)21)4-7-22-14/h4,7,10-11,19H,1-3,5-6,8-9H2. The van der Waals surface area contributed by atoms with E-state index in [1.807, 2.05) is 5.38 Å². The van der Waals surface area contributed by atoms with Gasteiger partial charge < -0.3 is 10.0 Å². The van der Waals surface area contributed by atoms with E-state index >= 15 is 0 Å². The first-order valence-electron chi connectivity index (χ1n) is 7.50. The number of likely N-dealkylation sites (tertiary alicyclic amines) is 1. The van der Waals surface area contributed by atoms with Crippen LogP contribution < -0.4 is 5.56 Å². The number of nitrogens with zero attached hydrogens (tertiary/aromatic N) is 3. The number of hydrogen-bond acceptors (Lipinski definition) is 5. The number of aliphatic hydroxyl groups excluding tert-OH is 1. The lowest BCUT2D eigenvalue weighted by atomic mass is 9.99. The van der Waals surface area contributed by atoms with Crippen molar-refractivity contribution < 1.29 is 9.90 Å². The first-order chi connectivity index (χ1) is 10.7. The number of piperidine rings is 1. The second kappa shape index (κ2) is 6.58. The van der Waals surface area contributed by atoms with Crippen LogP contribution in [0.5, 0.6) is 0 Å². The summed E-state index contributed by atoms with van der Waals surface area (Å²) in [5, 5.41) is 11.7. The highest BCUT2D eigenvalue weighted by molar-refractivity contribution is 7.16. The molecule has 1 fully saturated rings. The van der Waals surface area contributed by atoms with Crippen LogP contribution in [0, 0.1) is 5.92 Å². The van der Waals surface area contributed by atoms with Crippen molar-refractivity contribution in [2.24, 2.45) is 5.92 Å². The lowest BCUT2D eigenvalue weighted by Crippen LogP contribution is -2.41. The minimum atomic E-state index is -0.0917. The molecule has 1 atom stereocenters. The highest BCUT2D eigenvalue weighted by atomic mass is 32.1. The van der Waals surface area contributed by atoms with Gasteiger partial charge in [0, 0.05) is 32.7 Å². The maximum atomic E-state index is 12.3. The average Bonchev–Trinajstić information content (AvgIpc) is 3.03.